The minimum atomic E-state index is 0.596. The van der Waals surface area contributed by atoms with Crippen LogP contribution in [0.3, 0.4) is 0 Å². The van der Waals surface area contributed by atoms with E-state index in [2.05, 4.69) is 0 Å². The first-order valence-corrected chi connectivity index (χ1v) is 5.17. The minimum Gasteiger partial charge on any atom is -0.382 e. The standard InChI is InChI=1S/C6H10O2.C4H10O/c1(5-3-7-5)2-6-4-8-6;1-3-5-4-2/h5-6H,1-4H2;3-4H2,1-2H3. The molecule has 2 fully saturated rings. The summed E-state index contributed by atoms with van der Waals surface area (Å²) < 4.78 is 14.9. The van der Waals surface area contributed by atoms with E-state index in [1.807, 2.05) is 13.8 Å². The molecule has 2 atom stereocenters. The Bertz CT molecular complexity index is 105. The lowest BCUT2D eigenvalue weighted by atomic mass is 10.2. The van der Waals surface area contributed by atoms with Gasteiger partial charge in [-0.1, -0.05) is 0 Å². The topological polar surface area (TPSA) is 34.3 Å². The van der Waals surface area contributed by atoms with Crippen LogP contribution in [0.2, 0.25) is 0 Å². The molecule has 2 rings (SSSR count). The number of hydrogen-bond donors (Lipinski definition) is 0. The molecule has 2 unspecified atom stereocenters. The van der Waals surface area contributed by atoms with Gasteiger partial charge in [0.05, 0.1) is 25.4 Å². The summed E-state index contributed by atoms with van der Waals surface area (Å²) in [5.41, 5.74) is 0. The lowest BCUT2D eigenvalue weighted by molar-refractivity contribution is 0.162. The van der Waals surface area contributed by atoms with Gasteiger partial charge in [-0.3, -0.25) is 0 Å². The van der Waals surface area contributed by atoms with Crippen molar-refractivity contribution in [3.63, 3.8) is 0 Å². The third kappa shape index (κ3) is 6.99. The maximum absolute atomic E-state index is 5.03. The third-order valence-corrected chi connectivity index (χ3v) is 2.02. The second-order valence-corrected chi connectivity index (χ2v) is 3.27. The Kier molecular flexibility index (Phi) is 5.35. The highest BCUT2D eigenvalue weighted by Gasteiger charge is 2.28. The van der Waals surface area contributed by atoms with Gasteiger partial charge in [0, 0.05) is 13.2 Å². The molecule has 2 heterocycles. The monoisotopic (exact) mass is 188 g/mol. The van der Waals surface area contributed by atoms with E-state index in [9.17, 15) is 0 Å². The number of hydrogen-bond acceptors (Lipinski definition) is 3. The van der Waals surface area contributed by atoms with Crippen molar-refractivity contribution < 1.29 is 14.2 Å². The molecule has 3 heteroatoms. The molecule has 3 nitrogen and oxygen atoms in total. The highest BCUT2D eigenvalue weighted by Crippen LogP contribution is 2.22. The van der Waals surface area contributed by atoms with Crippen molar-refractivity contribution >= 4 is 0 Å². The normalized spacial score (nSPS) is 29.1. The molecule has 13 heavy (non-hydrogen) atoms. The van der Waals surface area contributed by atoms with Gasteiger partial charge in [-0.2, -0.15) is 0 Å². The average molecular weight is 188 g/mol. The maximum Gasteiger partial charge on any atom is 0.0810 e. The van der Waals surface area contributed by atoms with Crippen LogP contribution in [-0.4, -0.2) is 38.6 Å². The zero-order valence-corrected chi connectivity index (χ0v) is 8.62. The molecule has 2 aliphatic heterocycles. The second kappa shape index (κ2) is 6.35. The molecule has 0 saturated carbocycles. The molecule has 0 aromatic heterocycles. The zero-order valence-electron chi connectivity index (χ0n) is 8.62. The molecule has 0 aliphatic carbocycles. The predicted octanol–water partition coefficient (Wildman–Crippen LogP) is 1.61. The fourth-order valence-electron chi connectivity index (χ4n) is 1.05. The van der Waals surface area contributed by atoms with Gasteiger partial charge in [0.15, 0.2) is 0 Å². The van der Waals surface area contributed by atoms with E-state index in [0.717, 1.165) is 26.4 Å². The summed E-state index contributed by atoms with van der Waals surface area (Å²) in [5.74, 6) is 0. The van der Waals surface area contributed by atoms with Crippen LogP contribution >= 0.6 is 0 Å². The van der Waals surface area contributed by atoms with Gasteiger partial charge >= 0.3 is 0 Å². The molecule has 0 bridgehead atoms. The van der Waals surface area contributed by atoms with E-state index in [-0.39, 0.29) is 0 Å². The van der Waals surface area contributed by atoms with Gasteiger partial charge in [-0.05, 0) is 26.7 Å². The van der Waals surface area contributed by atoms with Crippen molar-refractivity contribution in [3.05, 3.63) is 0 Å². The summed E-state index contributed by atoms with van der Waals surface area (Å²) in [7, 11) is 0. The van der Waals surface area contributed by atoms with Crippen molar-refractivity contribution in [1.29, 1.82) is 0 Å². The first-order valence-electron chi connectivity index (χ1n) is 5.17. The SMILES string of the molecule is C(CC1CO1)C1CO1.CCOCC. The Morgan fingerprint density at radius 3 is 1.54 bits per heavy atom. The fourth-order valence-corrected chi connectivity index (χ4v) is 1.05. The van der Waals surface area contributed by atoms with E-state index in [4.69, 9.17) is 14.2 Å². The molecule has 2 aliphatic rings. The van der Waals surface area contributed by atoms with Gasteiger partial charge < -0.3 is 14.2 Å². The lowest BCUT2D eigenvalue weighted by Crippen LogP contribution is -1.89. The summed E-state index contributed by atoms with van der Waals surface area (Å²) >= 11 is 0. The first-order chi connectivity index (χ1) is 6.36. The maximum atomic E-state index is 5.03. The molecule has 78 valence electrons. The predicted molar refractivity (Wildman–Crippen MR) is 50.9 cm³/mol. The van der Waals surface area contributed by atoms with Crippen molar-refractivity contribution in [3.8, 4) is 0 Å². The van der Waals surface area contributed by atoms with E-state index < -0.39 is 0 Å². The average Bonchev–Trinajstić information content (AvgIpc) is 3.00. The van der Waals surface area contributed by atoms with Crippen LogP contribution in [-0.2, 0) is 14.2 Å². The highest BCUT2D eigenvalue weighted by atomic mass is 16.6. The Balaban J connectivity index is 0.000000149. The summed E-state index contributed by atoms with van der Waals surface area (Å²) in [6.45, 7) is 7.65. The summed E-state index contributed by atoms with van der Waals surface area (Å²) in [6.07, 6.45) is 3.62. The lowest BCUT2D eigenvalue weighted by Gasteiger charge is -1.86. The van der Waals surface area contributed by atoms with Gasteiger partial charge in [0.25, 0.3) is 0 Å². The molecule has 0 amide bonds. The Morgan fingerprint density at radius 2 is 1.38 bits per heavy atom. The third-order valence-electron chi connectivity index (χ3n) is 2.02. The molecular weight excluding hydrogens is 168 g/mol. The largest absolute Gasteiger partial charge is 0.382 e. The zero-order chi connectivity index (χ0) is 9.52. The molecule has 0 spiro atoms. The van der Waals surface area contributed by atoms with Crippen molar-refractivity contribution in [2.45, 2.75) is 38.9 Å². The van der Waals surface area contributed by atoms with Crippen LogP contribution in [0.5, 0.6) is 0 Å². The van der Waals surface area contributed by atoms with Crippen LogP contribution in [0.4, 0.5) is 0 Å². The van der Waals surface area contributed by atoms with E-state index in [0.29, 0.717) is 12.2 Å². The van der Waals surface area contributed by atoms with Crippen LogP contribution in [0.1, 0.15) is 26.7 Å². The minimum absolute atomic E-state index is 0.596. The second-order valence-electron chi connectivity index (χ2n) is 3.27. The van der Waals surface area contributed by atoms with Gasteiger partial charge in [0.1, 0.15) is 0 Å². The number of epoxide rings is 2. The first kappa shape index (κ1) is 11.0. The summed E-state index contributed by atoms with van der Waals surface area (Å²) in [6, 6.07) is 0. The van der Waals surface area contributed by atoms with Gasteiger partial charge in [0.2, 0.25) is 0 Å². The Morgan fingerprint density at radius 1 is 1.00 bits per heavy atom. The number of ether oxygens (including phenoxy) is 3. The van der Waals surface area contributed by atoms with Crippen molar-refractivity contribution in [2.24, 2.45) is 0 Å². The fraction of sp³-hybridized carbons (Fsp3) is 1.00. The van der Waals surface area contributed by atoms with Crippen LogP contribution in [0, 0.1) is 0 Å². The molecule has 0 radical (unpaired) electrons. The van der Waals surface area contributed by atoms with Crippen molar-refractivity contribution in [1.82, 2.24) is 0 Å². The van der Waals surface area contributed by atoms with Crippen LogP contribution in [0.15, 0.2) is 0 Å². The van der Waals surface area contributed by atoms with E-state index >= 15 is 0 Å². The van der Waals surface area contributed by atoms with Crippen molar-refractivity contribution in [2.75, 3.05) is 26.4 Å². The quantitative estimate of drug-likeness (QED) is 0.615. The summed E-state index contributed by atoms with van der Waals surface area (Å²) in [5, 5.41) is 0. The molecule has 0 aromatic rings. The highest BCUT2D eigenvalue weighted by molar-refractivity contribution is 4.75. The number of rotatable bonds is 5. The van der Waals surface area contributed by atoms with Gasteiger partial charge in [-0.15, -0.1) is 0 Å². The Labute approximate surface area is 80.4 Å². The molecule has 2 saturated heterocycles. The van der Waals surface area contributed by atoms with E-state index in [1.165, 1.54) is 12.8 Å². The molecular formula is C10H20O3. The van der Waals surface area contributed by atoms with Gasteiger partial charge in [-0.25, -0.2) is 0 Å². The van der Waals surface area contributed by atoms with Crippen LogP contribution < -0.4 is 0 Å². The summed E-state index contributed by atoms with van der Waals surface area (Å²) in [4.78, 5) is 0. The Hall–Kier alpha value is -0.120. The smallest absolute Gasteiger partial charge is 0.0810 e. The van der Waals surface area contributed by atoms with Crippen LogP contribution in [0.25, 0.3) is 0 Å². The van der Waals surface area contributed by atoms with E-state index in [1.54, 1.807) is 0 Å². The molecule has 0 aromatic carbocycles. The molecule has 0 N–H and O–H groups in total.